The van der Waals surface area contributed by atoms with Crippen LogP contribution in [0.1, 0.15) is 27.0 Å². The van der Waals surface area contributed by atoms with Crippen molar-refractivity contribution in [3.63, 3.8) is 0 Å². The number of hydrazone groups is 1. The van der Waals surface area contributed by atoms with Crippen LogP contribution in [0.2, 0.25) is 0 Å². The Kier molecular flexibility index (Phi) is 7.47. The SMILES string of the molecule is COc1cc(/C=N/NC(=O)CNC(=O)c2ccc3c(c2)OCO3)ccc1OCc1cccc(C)c1. The number of carbonyl (C=O) groups is 2. The maximum Gasteiger partial charge on any atom is 0.259 e. The van der Waals surface area contributed by atoms with E-state index in [0.29, 0.717) is 40.7 Å². The van der Waals surface area contributed by atoms with Gasteiger partial charge in [-0.1, -0.05) is 29.8 Å². The van der Waals surface area contributed by atoms with Crippen LogP contribution in [0.3, 0.4) is 0 Å². The highest BCUT2D eigenvalue weighted by atomic mass is 16.7. The number of methoxy groups -OCH3 is 1. The predicted octanol–water partition coefficient (Wildman–Crippen LogP) is 3.19. The summed E-state index contributed by atoms with van der Waals surface area (Å²) < 4.78 is 21.8. The second kappa shape index (κ2) is 11.1. The van der Waals surface area contributed by atoms with Crippen molar-refractivity contribution in [3.8, 4) is 23.0 Å². The van der Waals surface area contributed by atoms with E-state index in [1.54, 1.807) is 43.5 Å². The second-order valence-electron chi connectivity index (χ2n) is 7.73. The molecule has 1 aliphatic rings. The zero-order valence-corrected chi connectivity index (χ0v) is 19.4. The monoisotopic (exact) mass is 475 g/mol. The van der Waals surface area contributed by atoms with Crippen molar-refractivity contribution in [2.45, 2.75) is 13.5 Å². The van der Waals surface area contributed by atoms with Gasteiger partial charge in [0.25, 0.3) is 11.8 Å². The molecule has 0 radical (unpaired) electrons. The van der Waals surface area contributed by atoms with E-state index in [1.165, 1.54) is 11.8 Å². The number of aryl methyl sites for hydroxylation is 1. The number of amides is 2. The lowest BCUT2D eigenvalue weighted by Gasteiger charge is -2.11. The molecule has 0 bridgehead atoms. The Morgan fingerprint density at radius 2 is 1.89 bits per heavy atom. The molecule has 1 aliphatic heterocycles. The van der Waals surface area contributed by atoms with Gasteiger partial charge in [-0.2, -0.15) is 5.10 Å². The van der Waals surface area contributed by atoms with E-state index in [0.717, 1.165) is 5.56 Å². The molecule has 9 heteroatoms. The lowest BCUT2D eigenvalue weighted by Crippen LogP contribution is -2.34. The van der Waals surface area contributed by atoms with Gasteiger partial charge in [0.1, 0.15) is 6.61 Å². The first-order chi connectivity index (χ1) is 17.0. The third-order valence-corrected chi connectivity index (χ3v) is 5.11. The van der Waals surface area contributed by atoms with Crippen LogP contribution in [-0.4, -0.2) is 38.5 Å². The Bertz CT molecular complexity index is 1260. The van der Waals surface area contributed by atoms with Crippen LogP contribution < -0.4 is 29.7 Å². The first-order valence-corrected chi connectivity index (χ1v) is 10.9. The molecule has 35 heavy (non-hydrogen) atoms. The van der Waals surface area contributed by atoms with Crippen molar-refractivity contribution in [3.05, 3.63) is 82.9 Å². The normalized spacial score (nSPS) is 11.8. The zero-order chi connectivity index (χ0) is 24.6. The Morgan fingerprint density at radius 3 is 2.71 bits per heavy atom. The van der Waals surface area contributed by atoms with E-state index >= 15 is 0 Å². The Hall–Kier alpha value is -4.53. The van der Waals surface area contributed by atoms with Crippen molar-refractivity contribution >= 4 is 18.0 Å². The fraction of sp³-hybridized carbons (Fsp3) is 0.192. The molecule has 2 N–H and O–H groups in total. The van der Waals surface area contributed by atoms with Gasteiger partial charge in [-0.3, -0.25) is 9.59 Å². The van der Waals surface area contributed by atoms with Crippen LogP contribution in [0.25, 0.3) is 0 Å². The molecule has 0 fully saturated rings. The molecule has 4 rings (SSSR count). The maximum absolute atomic E-state index is 12.3. The number of nitrogens with zero attached hydrogens (tertiary/aromatic N) is 1. The molecule has 180 valence electrons. The van der Waals surface area contributed by atoms with Crippen LogP contribution in [0.15, 0.2) is 65.8 Å². The average Bonchev–Trinajstić information content (AvgIpc) is 3.34. The van der Waals surface area contributed by atoms with E-state index in [9.17, 15) is 9.59 Å². The number of hydrogen-bond acceptors (Lipinski definition) is 7. The predicted molar refractivity (Wildman–Crippen MR) is 129 cm³/mol. The van der Waals surface area contributed by atoms with Gasteiger partial charge >= 0.3 is 0 Å². The zero-order valence-electron chi connectivity index (χ0n) is 19.4. The van der Waals surface area contributed by atoms with Gasteiger partial charge in [-0.15, -0.1) is 0 Å². The molecule has 0 aliphatic carbocycles. The number of ether oxygens (including phenoxy) is 4. The summed E-state index contributed by atoms with van der Waals surface area (Å²) in [5.74, 6) is 1.34. The summed E-state index contributed by atoms with van der Waals surface area (Å²) in [5.41, 5.74) is 5.68. The van der Waals surface area contributed by atoms with Crippen LogP contribution in [0.5, 0.6) is 23.0 Å². The van der Waals surface area contributed by atoms with E-state index in [1.807, 2.05) is 25.1 Å². The number of carbonyl (C=O) groups excluding carboxylic acids is 2. The summed E-state index contributed by atoms with van der Waals surface area (Å²) in [6, 6.07) is 18.2. The molecule has 1 heterocycles. The number of fused-ring (bicyclic) bond motifs is 1. The van der Waals surface area contributed by atoms with Crippen molar-refractivity contribution in [1.29, 1.82) is 0 Å². The lowest BCUT2D eigenvalue weighted by atomic mass is 10.1. The minimum absolute atomic E-state index is 0.121. The highest BCUT2D eigenvalue weighted by Crippen LogP contribution is 2.32. The van der Waals surface area contributed by atoms with E-state index < -0.39 is 11.8 Å². The number of rotatable bonds is 9. The molecular formula is C26H25N3O6. The highest BCUT2D eigenvalue weighted by molar-refractivity contribution is 5.97. The summed E-state index contributed by atoms with van der Waals surface area (Å²) in [4.78, 5) is 24.3. The Labute approximate surface area is 202 Å². The van der Waals surface area contributed by atoms with Crippen LogP contribution in [-0.2, 0) is 11.4 Å². The molecule has 9 nitrogen and oxygen atoms in total. The van der Waals surface area contributed by atoms with Gasteiger partial charge in [-0.25, -0.2) is 5.43 Å². The molecule has 3 aromatic carbocycles. The standard InChI is InChI=1S/C26H25N3O6/c1-17-4-3-5-19(10-17)15-33-21-8-6-18(11-23(21)32-2)13-28-29-25(30)14-27-26(31)20-7-9-22-24(12-20)35-16-34-22/h3-13H,14-16H2,1-2H3,(H,27,31)(H,29,30)/b28-13+. The first kappa shape index (κ1) is 23.6. The molecule has 0 unspecified atom stereocenters. The van der Waals surface area contributed by atoms with Gasteiger partial charge in [-0.05, 0) is 54.4 Å². The number of benzene rings is 3. The van der Waals surface area contributed by atoms with Crippen molar-refractivity contribution in [1.82, 2.24) is 10.7 Å². The van der Waals surface area contributed by atoms with Gasteiger partial charge in [0.2, 0.25) is 6.79 Å². The summed E-state index contributed by atoms with van der Waals surface area (Å²) in [6.07, 6.45) is 1.48. The van der Waals surface area contributed by atoms with Gasteiger partial charge in [0, 0.05) is 5.56 Å². The third-order valence-electron chi connectivity index (χ3n) is 5.11. The minimum Gasteiger partial charge on any atom is -0.493 e. The minimum atomic E-state index is -0.472. The summed E-state index contributed by atoms with van der Waals surface area (Å²) in [7, 11) is 1.56. The van der Waals surface area contributed by atoms with Crippen LogP contribution in [0, 0.1) is 6.92 Å². The molecule has 0 atom stereocenters. The van der Waals surface area contributed by atoms with Crippen molar-refractivity contribution < 1.29 is 28.5 Å². The van der Waals surface area contributed by atoms with E-state index in [2.05, 4.69) is 21.9 Å². The van der Waals surface area contributed by atoms with Gasteiger partial charge < -0.3 is 24.3 Å². The first-order valence-electron chi connectivity index (χ1n) is 10.9. The molecule has 3 aromatic rings. The topological polar surface area (TPSA) is 107 Å². The summed E-state index contributed by atoms with van der Waals surface area (Å²) in [6.45, 7) is 2.33. The molecule has 0 spiro atoms. The fourth-order valence-electron chi connectivity index (χ4n) is 3.37. The van der Waals surface area contributed by atoms with E-state index in [-0.39, 0.29) is 13.3 Å². The van der Waals surface area contributed by atoms with Crippen molar-refractivity contribution in [2.75, 3.05) is 20.4 Å². The average molecular weight is 476 g/mol. The molecule has 0 saturated carbocycles. The smallest absolute Gasteiger partial charge is 0.259 e. The lowest BCUT2D eigenvalue weighted by molar-refractivity contribution is -0.120. The van der Waals surface area contributed by atoms with Crippen LogP contribution >= 0.6 is 0 Å². The molecular weight excluding hydrogens is 450 g/mol. The number of nitrogens with one attached hydrogen (secondary N) is 2. The van der Waals surface area contributed by atoms with Crippen molar-refractivity contribution in [2.24, 2.45) is 5.10 Å². The second-order valence-corrected chi connectivity index (χ2v) is 7.73. The van der Waals surface area contributed by atoms with Crippen LogP contribution in [0.4, 0.5) is 0 Å². The number of hydrogen-bond donors (Lipinski definition) is 2. The quantitative estimate of drug-likeness (QED) is 0.364. The van der Waals surface area contributed by atoms with Gasteiger partial charge in [0.15, 0.2) is 23.0 Å². The summed E-state index contributed by atoms with van der Waals surface area (Å²) in [5, 5.41) is 6.48. The third kappa shape index (κ3) is 6.29. The fourth-order valence-corrected chi connectivity index (χ4v) is 3.37. The molecule has 0 aromatic heterocycles. The Balaban J connectivity index is 1.26. The maximum atomic E-state index is 12.3. The Morgan fingerprint density at radius 1 is 1.03 bits per heavy atom. The highest BCUT2D eigenvalue weighted by Gasteiger charge is 2.16. The molecule has 0 saturated heterocycles. The largest absolute Gasteiger partial charge is 0.493 e. The summed E-state index contributed by atoms with van der Waals surface area (Å²) >= 11 is 0. The molecule has 2 amide bonds. The van der Waals surface area contributed by atoms with E-state index in [4.69, 9.17) is 18.9 Å². The van der Waals surface area contributed by atoms with Gasteiger partial charge in [0.05, 0.1) is 19.9 Å².